The van der Waals surface area contributed by atoms with Gasteiger partial charge in [-0.05, 0) is 30.9 Å². The van der Waals surface area contributed by atoms with Gasteiger partial charge in [-0.2, -0.15) is 0 Å². The number of hydrogen-bond acceptors (Lipinski definition) is 3. The summed E-state index contributed by atoms with van der Waals surface area (Å²) in [5.74, 6) is 1.17. The summed E-state index contributed by atoms with van der Waals surface area (Å²) in [5.41, 5.74) is 7.32. The van der Waals surface area contributed by atoms with Crippen LogP contribution in [0.15, 0.2) is 12.1 Å². The highest BCUT2D eigenvalue weighted by Crippen LogP contribution is 2.26. The Balaban J connectivity index is 2.18. The molecule has 0 spiro atoms. The molecule has 4 heteroatoms. The van der Waals surface area contributed by atoms with E-state index >= 15 is 0 Å². The average Bonchev–Trinajstić information content (AvgIpc) is 2.85. The number of carbonyl (C=O) groups excluding carboxylic acids is 1. The van der Waals surface area contributed by atoms with Gasteiger partial charge >= 0.3 is 0 Å². The van der Waals surface area contributed by atoms with Crippen molar-refractivity contribution in [1.29, 1.82) is 0 Å². The lowest BCUT2D eigenvalue weighted by Crippen LogP contribution is -2.29. The fourth-order valence-electron chi connectivity index (χ4n) is 2.90. The van der Waals surface area contributed by atoms with Gasteiger partial charge in [0.1, 0.15) is 5.82 Å². The van der Waals surface area contributed by atoms with Crippen LogP contribution in [0.25, 0.3) is 0 Å². The molecule has 21 heavy (non-hydrogen) atoms. The Morgan fingerprint density at radius 3 is 2.76 bits per heavy atom. The molecule has 0 aliphatic carbocycles. The summed E-state index contributed by atoms with van der Waals surface area (Å²) in [4.78, 5) is 19.0. The highest BCUT2D eigenvalue weighted by atomic mass is 16.2. The molecule has 1 unspecified atom stereocenters. The van der Waals surface area contributed by atoms with Crippen molar-refractivity contribution in [3.8, 4) is 0 Å². The van der Waals surface area contributed by atoms with Crippen LogP contribution in [-0.2, 0) is 5.41 Å². The lowest BCUT2D eigenvalue weighted by Gasteiger charge is -2.21. The van der Waals surface area contributed by atoms with E-state index in [0.29, 0.717) is 17.3 Å². The summed E-state index contributed by atoms with van der Waals surface area (Å²) in [7, 11) is 0. The fourth-order valence-corrected chi connectivity index (χ4v) is 2.90. The SMILES string of the molecule is CCCC1CCN(C(=O)c2cc(N)nc(C(C)(C)C)c2)C1. The van der Waals surface area contributed by atoms with Crippen LogP contribution in [-0.4, -0.2) is 28.9 Å². The molecule has 1 aliphatic heterocycles. The third-order valence-electron chi connectivity index (χ3n) is 4.13. The zero-order chi connectivity index (χ0) is 15.6. The Bertz CT molecular complexity index is 519. The van der Waals surface area contributed by atoms with Crippen LogP contribution in [0.5, 0.6) is 0 Å². The summed E-state index contributed by atoms with van der Waals surface area (Å²) in [6.07, 6.45) is 3.50. The van der Waals surface area contributed by atoms with Gasteiger partial charge in [0.05, 0.1) is 0 Å². The van der Waals surface area contributed by atoms with Gasteiger partial charge in [0.25, 0.3) is 5.91 Å². The molecule has 0 saturated carbocycles. The molecule has 0 aromatic carbocycles. The molecule has 2 N–H and O–H groups in total. The van der Waals surface area contributed by atoms with Crippen molar-refractivity contribution in [2.45, 2.75) is 52.4 Å². The minimum atomic E-state index is -0.111. The highest BCUT2D eigenvalue weighted by Gasteiger charge is 2.27. The van der Waals surface area contributed by atoms with Crippen molar-refractivity contribution < 1.29 is 4.79 Å². The van der Waals surface area contributed by atoms with E-state index in [2.05, 4.69) is 32.7 Å². The summed E-state index contributed by atoms with van der Waals surface area (Å²) in [5, 5.41) is 0. The molecule has 2 rings (SSSR count). The van der Waals surface area contributed by atoms with Crippen LogP contribution in [0, 0.1) is 5.92 Å². The zero-order valence-corrected chi connectivity index (χ0v) is 13.6. The number of nitrogens with two attached hydrogens (primary N) is 1. The van der Waals surface area contributed by atoms with Crippen LogP contribution < -0.4 is 5.73 Å². The topological polar surface area (TPSA) is 59.2 Å². The van der Waals surface area contributed by atoms with E-state index in [1.165, 1.54) is 12.8 Å². The van der Waals surface area contributed by atoms with Crippen molar-refractivity contribution in [3.63, 3.8) is 0 Å². The van der Waals surface area contributed by atoms with E-state index in [4.69, 9.17) is 5.73 Å². The molecule has 0 bridgehead atoms. The summed E-state index contributed by atoms with van der Waals surface area (Å²) in [6.45, 7) is 10.2. The van der Waals surface area contributed by atoms with Gasteiger partial charge in [-0.1, -0.05) is 34.1 Å². The van der Waals surface area contributed by atoms with Gasteiger partial charge in [-0.25, -0.2) is 4.98 Å². The quantitative estimate of drug-likeness (QED) is 0.929. The minimum absolute atomic E-state index is 0.0909. The molecule has 1 amide bonds. The second-order valence-corrected chi connectivity index (χ2v) is 7.11. The van der Waals surface area contributed by atoms with Crippen LogP contribution in [0.1, 0.15) is 63.0 Å². The summed E-state index contributed by atoms with van der Waals surface area (Å²) < 4.78 is 0. The first kappa shape index (κ1) is 15.8. The Labute approximate surface area is 127 Å². The first-order valence-corrected chi connectivity index (χ1v) is 7.88. The number of rotatable bonds is 3. The van der Waals surface area contributed by atoms with Gasteiger partial charge in [-0.3, -0.25) is 4.79 Å². The minimum Gasteiger partial charge on any atom is -0.384 e. The van der Waals surface area contributed by atoms with E-state index in [-0.39, 0.29) is 11.3 Å². The second kappa shape index (κ2) is 6.04. The van der Waals surface area contributed by atoms with Gasteiger partial charge in [-0.15, -0.1) is 0 Å². The number of amides is 1. The summed E-state index contributed by atoms with van der Waals surface area (Å²) >= 11 is 0. The second-order valence-electron chi connectivity index (χ2n) is 7.11. The van der Waals surface area contributed by atoms with Crippen molar-refractivity contribution in [2.24, 2.45) is 5.92 Å². The molecule has 0 radical (unpaired) electrons. The molecule has 1 aromatic heterocycles. The largest absolute Gasteiger partial charge is 0.384 e. The van der Waals surface area contributed by atoms with Crippen LogP contribution in [0.4, 0.5) is 5.82 Å². The van der Waals surface area contributed by atoms with Crippen LogP contribution >= 0.6 is 0 Å². The maximum atomic E-state index is 12.7. The van der Waals surface area contributed by atoms with Gasteiger partial charge < -0.3 is 10.6 Å². The third kappa shape index (κ3) is 3.74. The lowest BCUT2D eigenvalue weighted by molar-refractivity contribution is 0.0786. The molecule has 1 fully saturated rings. The Morgan fingerprint density at radius 2 is 2.14 bits per heavy atom. The van der Waals surface area contributed by atoms with Gasteiger partial charge in [0, 0.05) is 29.8 Å². The number of nitrogens with zero attached hydrogens (tertiary/aromatic N) is 2. The van der Waals surface area contributed by atoms with Gasteiger partial charge in [0.15, 0.2) is 0 Å². The van der Waals surface area contributed by atoms with Crippen molar-refractivity contribution in [2.75, 3.05) is 18.8 Å². The number of anilines is 1. The predicted molar refractivity (Wildman–Crippen MR) is 86.3 cm³/mol. The van der Waals surface area contributed by atoms with E-state index in [1.54, 1.807) is 6.07 Å². The molecule has 116 valence electrons. The van der Waals surface area contributed by atoms with Crippen molar-refractivity contribution in [3.05, 3.63) is 23.4 Å². The predicted octanol–water partition coefficient (Wildman–Crippen LogP) is 3.22. The maximum absolute atomic E-state index is 12.7. The number of hydrogen-bond donors (Lipinski definition) is 1. The van der Waals surface area contributed by atoms with E-state index < -0.39 is 0 Å². The molecule has 4 nitrogen and oxygen atoms in total. The summed E-state index contributed by atoms with van der Waals surface area (Å²) in [6, 6.07) is 3.59. The fraction of sp³-hybridized carbons (Fsp3) is 0.647. The zero-order valence-electron chi connectivity index (χ0n) is 13.6. The average molecular weight is 289 g/mol. The van der Waals surface area contributed by atoms with Crippen LogP contribution in [0.3, 0.4) is 0 Å². The number of nitrogen functional groups attached to an aromatic ring is 1. The van der Waals surface area contributed by atoms with E-state index in [1.807, 2.05) is 11.0 Å². The molecule has 2 heterocycles. The Morgan fingerprint density at radius 1 is 1.43 bits per heavy atom. The van der Waals surface area contributed by atoms with E-state index in [9.17, 15) is 4.79 Å². The van der Waals surface area contributed by atoms with Gasteiger partial charge in [0.2, 0.25) is 0 Å². The van der Waals surface area contributed by atoms with Crippen molar-refractivity contribution in [1.82, 2.24) is 9.88 Å². The van der Waals surface area contributed by atoms with E-state index in [0.717, 1.165) is 25.2 Å². The molecule has 1 atom stereocenters. The normalized spacial score (nSPS) is 19.0. The number of pyridine rings is 1. The van der Waals surface area contributed by atoms with Crippen molar-refractivity contribution >= 4 is 11.7 Å². The third-order valence-corrected chi connectivity index (χ3v) is 4.13. The monoisotopic (exact) mass is 289 g/mol. The molecule has 1 saturated heterocycles. The molecular weight excluding hydrogens is 262 g/mol. The smallest absolute Gasteiger partial charge is 0.254 e. The number of likely N-dealkylation sites (tertiary alicyclic amines) is 1. The molecule has 1 aromatic rings. The van der Waals surface area contributed by atoms with Crippen LogP contribution in [0.2, 0.25) is 0 Å². The molecular formula is C17H27N3O. The standard InChI is InChI=1S/C17H27N3O/c1-5-6-12-7-8-20(11-12)16(21)13-9-14(17(2,3)4)19-15(18)10-13/h9-10,12H,5-8,11H2,1-4H3,(H2,18,19). The first-order chi connectivity index (χ1) is 9.81. The lowest BCUT2D eigenvalue weighted by atomic mass is 9.90. The first-order valence-electron chi connectivity index (χ1n) is 7.88. The Kier molecular flexibility index (Phi) is 4.55. The number of aromatic nitrogens is 1. The maximum Gasteiger partial charge on any atom is 0.254 e. The Hall–Kier alpha value is -1.58. The highest BCUT2D eigenvalue weighted by molar-refractivity contribution is 5.95. The molecule has 1 aliphatic rings. The number of carbonyl (C=O) groups is 1.